The van der Waals surface area contributed by atoms with Crippen molar-refractivity contribution in [1.29, 1.82) is 0 Å². The minimum atomic E-state index is 0.295. The summed E-state index contributed by atoms with van der Waals surface area (Å²) in [4.78, 5) is 27.8. The predicted octanol–water partition coefficient (Wildman–Crippen LogP) is 6.60. The van der Waals surface area contributed by atoms with E-state index in [1.54, 1.807) is 0 Å². The molecular weight excluding hydrogens is 512 g/mol. The maximum Gasteiger partial charge on any atom is 0.223 e. The molecule has 3 aliphatic heterocycles. The molecule has 6 heteroatoms. The van der Waals surface area contributed by atoms with E-state index in [1.165, 1.54) is 26.8 Å². The van der Waals surface area contributed by atoms with Crippen LogP contribution in [0, 0.1) is 5.92 Å². The Morgan fingerprint density at radius 3 is 2.73 bits per heavy atom. The first kappa shape index (κ1) is 25.4. The summed E-state index contributed by atoms with van der Waals surface area (Å²) >= 11 is 1.83. The Kier molecular flexibility index (Phi) is 7.04. The fourth-order valence-corrected chi connectivity index (χ4v) is 7.47. The van der Waals surface area contributed by atoms with Gasteiger partial charge in [0.25, 0.3) is 0 Å². The fourth-order valence-electron chi connectivity index (χ4n) is 6.51. The van der Waals surface area contributed by atoms with Crippen molar-refractivity contribution in [2.45, 2.75) is 32.2 Å². The summed E-state index contributed by atoms with van der Waals surface area (Å²) in [5.74, 6) is 0.719. The van der Waals surface area contributed by atoms with E-state index in [9.17, 15) is 4.79 Å². The average Bonchev–Trinajstić information content (AvgIpc) is 3.62. The number of carbonyl (C=O) groups is 1. The van der Waals surface area contributed by atoms with E-state index in [0.29, 0.717) is 24.8 Å². The molecule has 0 radical (unpaired) electrons. The van der Waals surface area contributed by atoms with Gasteiger partial charge in [-0.1, -0.05) is 48.5 Å². The van der Waals surface area contributed by atoms with Crippen molar-refractivity contribution in [3.8, 4) is 11.3 Å². The second-order valence-electron chi connectivity index (χ2n) is 11.3. The number of rotatable bonds is 6. The van der Waals surface area contributed by atoms with E-state index < -0.39 is 0 Å². The standard InChI is InChI=1S/C34H34N4OS/c39-33(17-24-7-6-15-37(20-24)21-28-23-40-32-11-5-4-10-29(28)32)38-16-14-26-18-36-34(30(26)22-38)27-12-13-31(35-19-27)25-8-2-1-3-9-25/h1-5,8-13,19,23-24H,6-7,14-18,20-22H2/t24-/m0/s1. The number of fused-ring (bicyclic) bond motifs is 1. The van der Waals surface area contributed by atoms with Crippen LogP contribution in [0.1, 0.15) is 36.8 Å². The van der Waals surface area contributed by atoms with Crippen molar-refractivity contribution < 1.29 is 4.79 Å². The van der Waals surface area contributed by atoms with Crippen LogP contribution in [-0.2, 0) is 11.3 Å². The van der Waals surface area contributed by atoms with Gasteiger partial charge in [-0.05, 0) is 77.4 Å². The molecule has 40 heavy (non-hydrogen) atoms. The summed E-state index contributed by atoms with van der Waals surface area (Å²) in [6.07, 6.45) is 5.80. The molecule has 0 saturated carbocycles. The lowest BCUT2D eigenvalue weighted by molar-refractivity contribution is -0.132. The molecule has 3 aliphatic rings. The number of benzene rings is 2. The molecule has 5 nitrogen and oxygen atoms in total. The van der Waals surface area contributed by atoms with E-state index in [2.05, 4.69) is 63.7 Å². The number of pyridine rings is 1. The summed E-state index contributed by atoms with van der Waals surface area (Å²) in [5, 5.41) is 3.69. The monoisotopic (exact) mass is 546 g/mol. The largest absolute Gasteiger partial charge is 0.338 e. The van der Waals surface area contributed by atoms with E-state index in [0.717, 1.165) is 74.5 Å². The maximum absolute atomic E-state index is 13.5. The van der Waals surface area contributed by atoms with Gasteiger partial charge in [0.15, 0.2) is 0 Å². The van der Waals surface area contributed by atoms with Gasteiger partial charge < -0.3 is 4.90 Å². The smallest absolute Gasteiger partial charge is 0.223 e. The highest BCUT2D eigenvalue weighted by atomic mass is 32.1. The molecule has 5 heterocycles. The van der Waals surface area contributed by atoms with Crippen LogP contribution in [0.25, 0.3) is 21.3 Å². The summed E-state index contributed by atoms with van der Waals surface area (Å²) in [5.41, 5.74) is 8.19. The lowest BCUT2D eigenvalue weighted by Crippen LogP contribution is -2.41. The molecule has 4 aromatic rings. The van der Waals surface area contributed by atoms with Crippen LogP contribution in [0.3, 0.4) is 0 Å². The Balaban J connectivity index is 0.981. The lowest BCUT2D eigenvalue weighted by Gasteiger charge is -2.34. The number of amides is 1. The van der Waals surface area contributed by atoms with Gasteiger partial charge >= 0.3 is 0 Å². The first-order chi connectivity index (χ1) is 19.7. The molecule has 2 aromatic heterocycles. The van der Waals surface area contributed by atoms with Gasteiger partial charge in [0.2, 0.25) is 5.91 Å². The maximum atomic E-state index is 13.5. The lowest BCUT2D eigenvalue weighted by atomic mass is 9.92. The molecule has 202 valence electrons. The van der Waals surface area contributed by atoms with Gasteiger partial charge in [-0.2, -0.15) is 0 Å². The first-order valence-electron chi connectivity index (χ1n) is 14.4. The van der Waals surface area contributed by atoms with Gasteiger partial charge in [0, 0.05) is 54.6 Å². The molecule has 0 spiro atoms. The average molecular weight is 547 g/mol. The predicted molar refractivity (Wildman–Crippen MR) is 164 cm³/mol. The number of aliphatic imine (C=N–C) groups is 1. The van der Waals surface area contributed by atoms with Crippen molar-refractivity contribution in [1.82, 2.24) is 14.8 Å². The van der Waals surface area contributed by atoms with E-state index in [4.69, 9.17) is 9.98 Å². The van der Waals surface area contributed by atoms with Crippen molar-refractivity contribution in [2.75, 3.05) is 32.7 Å². The van der Waals surface area contributed by atoms with Crippen LogP contribution in [-0.4, -0.2) is 59.1 Å². The molecule has 0 unspecified atom stereocenters. The van der Waals surface area contributed by atoms with Gasteiger partial charge in [-0.15, -0.1) is 11.3 Å². The Bertz CT molecular complexity index is 1590. The molecule has 0 bridgehead atoms. The van der Waals surface area contributed by atoms with Crippen molar-refractivity contribution in [2.24, 2.45) is 10.9 Å². The molecule has 2 aromatic carbocycles. The fraction of sp³-hybridized carbons (Fsp3) is 0.324. The summed E-state index contributed by atoms with van der Waals surface area (Å²) < 4.78 is 1.36. The molecule has 7 rings (SSSR count). The minimum Gasteiger partial charge on any atom is -0.338 e. The third-order valence-corrected chi connectivity index (χ3v) is 9.67. The third-order valence-electron chi connectivity index (χ3n) is 8.65. The summed E-state index contributed by atoms with van der Waals surface area (Å²) in [6, 6.07) is 23.1. The molecule has 1 fully saturated rings. The summed E-state index contributed by atoms with van der Waals surface area (Å²) in [7, 11) is 0. The minimum absolute atomic E-state index is 0.295. The second kappa shape index (κ2) is 11.1. The molecule has 1 amide bonds. The highest BCUT2D eigenvalue weighted by molar-refractivity contribution is 7.17. The van der Waals surface area contributed by atoms with Crippen LogP contribution in [0.5, 0.6) is 0 Å². The topological polar surface area (TPSA) is 48.8 Å². The van der Waals surface area contributed by atoms with Crippen molar-refractivity contribution in [3.63, 3.8) is 0 Å². The van der Waals surface area contributed by atoms with Crippen molar-refractivity contribution in [3.05, 3.63) is 101 Å². The zero-order chi connectivity index (χ0) is 26.9. The number of thiophene rings is 1. The number of hydrogen-bond donors (Lipinski definition) is 0. The SMILES string of the molecule is O=C(C[C@@H]1CCCN(Cc2csc3ccccc23)C1)N1CCC2=C(C1)C(c1ccc(-c3ccccc3)nc1)=NC2. The normalized spacial score (nSPS) is 19.6. The van der Waals surface area contributed by atoms with Gasteiger partial charge in [-0.3, -0.25) is 19.7 Å². The molecule has 0 N–H and O–H groups in total. The zero-order valence-electron chi connectivity index (χ0n) is 22.8. The number of hydrogen-bond acceptors (Lipinski definition) is 5. The van der Waals surface area contributed by atoms with Crippen LogP contribution in [0.4, 0.5) is 0 Å². The Morgan fingerprint density at radius 2 is 1.85 bits per heavy atom. The second-order valence-corrected chi connectivity index (χ2v) is 12.2. The van der Waals surface area contributed by atoms with Crippen LogP contribution < -0.4 is 0 Å². The quantitative estimate of drug-likeness (QED) is 0.274. The van der Waals surface area contributed by atoms with Crippen molar-refractivity contribution >= 4 is 33.0 Å². The zero-order valence-corrected chi connectivity index (χ0v) is 23.6. The van der Waals surface area contributed by atoms with Crippen LogP contribution in [0.2, 0.25) is 0 Å². The molecule has 0 aliphatic carbocycles. The van der Waals surface area contributed by atoms with Gasteiger partial charge in [0.05, 0.1) is 18.0 Å². The highest BCUT2D eigenvalue weighted by Gasteiger charge is 2.31. The van der Waals surface area contributed by atoms with Crippen LogP contribution >= 0.6 is 11.3 Å². The first-order valence-corrected chi connectivity index (χ1v) is 15.3. The Morgan fingerprint density at radius 1 is 0.975 bits per heavy atom. The number of likely N-dealkylation sites (tertiary alicyclic amines) is 1. The third kappa shape index (κ3) is 5.14. The van der Waals surface area contributed by atoms with Gasteiger partial charge in [-0.25, -0.2) is 0 Å². The molecule has 1 saturated heterocycles. The van der Waals surface area contributed by atoms with Gasteiger partial charge in [0.1, 0.15) is 0 Å². The molecule has 1 atom stereocenters. The number of aromatic nitrogens is 1. The summed E-state index contributed by atoms with van der Waals surface area (Å²) in [6.45, 7) is 5.33. The Hall–Kier alpha value is -3.61. The van der Waals surface area contributed by atoms with E-state index in [1.807, 2.05) is 35.7 Å². The molecular formula is C34H34N4OS. The van der Waals surface area contributed by atoms with Crippen LogP contribution in [0.15, 0.2) is 94.4 Å². The number of nitrogens with zero attached hydrogens (tertiary/aromatic N) is 4. The van der Waals surface area contributed by atoms with E-state index >= 15 is 0 Å². The van der Waals surface area contributed by atoms with E-state index in [-0.39, 0.29) is 0 Å². The Labute approximate surface area is 239 Å². The number of piperidine rings is 1. The number of carbonyl (C=O) groups excluding carboxylic acids is 1. The highest BCUT2D eigenvalue weighted by Crippen LogP contribution is 2.31.